The monoisotopic (exact) mass is 278 g/mol. The first kappa shape index (κ1) is 15.3. The molecule has 1 atom stereocenters. The van der Waals surface area contributed by atoms with E-state index in [0.717, 1.165) is 32.4 Å². The summed E-state index contributed by atoms with van der Waals surface area (Å²) in [5.74, 6) is 0. The highest BCUT2D eigenvalue weighted by molar-refractivity contribution is 5.48. The van der Waals surface area contributed by atoms with Gasteiger partial charge in [-0.05, 0) is 37.0 Å². The number of hydrogen-bond donors (Lipinski definition) is 2. The van der Waals surface area contributed by atoms with Gasteiger partial charge >= 0.3 is 0 Å². The van der Waals surface area contributed by atoms with Gasteiger partial charge < -0.3 is 20.5 Å². The molecule has 0 spiro atoms. The van der Waals surface area contributed by atoms with Crippen molar-refractivity contribution in [3.05, 3.63) is 29.8 Å². The van der Waals surface area contributed by atoms with E-state index in [1.165, 1.54) is 11.3 Å². The van der Waals surface area contributed by atoms with Crippen LogP contribution in [0.1, 0.15) is 37.8 Å². The molecule has 0 saturated carbocycles. The van der Waals surface area contributed by atoms with Gasteiger partial charge in [0, 0.05) is 24.8 Å². The molecule has 0 bridgehead atoms. The maximum Gasteiger partial charge on any atom is 0.0701 e. The second kappa shape index (κ2) is 7.62. The van der Waals surface area contributed by atoms with Crippen LogP contribution in [0.15, 0.2) is 24.3 Å². The highest BCUT2D eigenvalue weighted by Gasteiger charge is 2.19. The van der Waals surface area contributed by atoms with Gasteiger partial charge in [0.2, 0.25) is 0 Å². The van der Waals surface area contributed by atoms with Crippen LogP contribution in [-0.2, 0) is 4.74 Å². The summed E-state index contributed by atoms with van der Waals surface area (Å²) < 4.78 is 5.59. The minimum atomic E-state index is 0.110. The zero-order valence-electron chi connectivity index (χ0n) is 12.3. The number of piperidine rings is 1. The molecule has 2 rings (SSSR count). The average Bonchev–Trinajstić information content (AvgIpc) is 2.53. The third-order valence-electron chi connectivity index (χ3n) is 4.01. The number of benzene rings is 1. The number of nitrogens with two attached hydrogens (primary N) is 1. The molecule has 0 radical (unpaired) electrons. The standard InChI is InChI=1S/C16H26N2O2/c1-2-16(17)13-3-5-14(6-4-13)18-9-7-15(8-10-18)20-12-11-19/h3-6,15-16,19H,2,7-12,17H2,1H3/t16-/m1/s1. The second-order valence-corrected chi connectivity index (χ2v) is 5.39. The number of aliphatic hydroxyl groups excluding tert-OH is 1. The molecule has 1 aromatic rings. The van der Waals surface area contributed by atoms with Crippen molar-refractivity contribution in [2.24, 2.45) is 5.73 Å². The van der Waals surface area contributed by atoms with Crippen LogP contribution in [0.2, 0.25) is 0 Å². The molecular weight excluding hydrogens is 252 g/mol. The van der Waals surface area contributed by atoms with E-state index in [2.05, 4.69) is 36.1 Å². The van der Waals surface area contributed by atoms with Gasteiger partial charge in [-0.3, -0.25) is 0 Å². The summed E-state index contributed by atoms with van der Waals surface area (Å²) >= 11 is 0. The molecule has 3 N–H and O–H groups in total. The molecular formula is C16H26N2O2. The average molecular weight is 278 g/mol. The Bertz CT molecular complexity index is 386. The van der Waals surface area contributed by atoms with Crippen LogP contribution in [0, 0.1) is 0 Å². The molecule has 1 fully saturated rings. The van der Waals surface area contributed by atoms with Gasteiger partial charge in [0.05, 0.1) is 19.3 Å². The fourth-order valence-electron chi connectivity index (χ4n) is 2.67. The van der Waals surface area contributed by atoms with Crippen LogP contribution in [-0.4, -0.2) is 37.5 Å². The topological polar surface area (TPSA) is 58.7 Å². The third kappa shape index (κ3) is 3.95. The minimum Gasteiger partial charge on any atom is -0.394 e. The largest absolute Gasteiger partial charge is 0.394 e. The van der Waals surface area contributed by atoms with E-state index in [-0.39, 0.29) is 12.6 Å². The lowest BCUT2D eigenvalue weighted by Crippen LogP contribution is -2.37. The maximum absolute atomic E-state index is 8.77. The van der Waals surface area contributed by atoms with Crippen LogP contribution in [0.25, 0.3) is 0 Å². The van der Waals surface area contributed by atoms with Crippen molar-refractivity contribution < 1.29 is 9.84 Å². The number of anilines is 1. The molecule has 112 valence electrons. The van der Waals surface area contributed by atoms with Gasteiger partial charge in [-0.15, -0.1) is 0 Å². The van der Waals surface area contributed by atoms with E-state index in [9.17, 15) is 0 Å². The number of ether oxygens (including phenoxy) is 1. The summed E-state index contributed by atoms with van der Waals surface area (Å²) in [5.41, 5.74) is 8.50. The van der Waals surface area contributed by atoms with E-state index in [0.29, 0.717) is 12.7 Å². The second-order valence-electron chi connectivity index (χ2n) is 5.39. The fourth-order valence-corrected chi connectivity index (χ4v) is 2.67. The Kier molecular flexibility index (Phi) is 5.83. The maximum atomic E-state index is 8.77. The Hall–Kier alpha value is -1.10. The molecule has 20 heavy (non-hydrogen) atoms. The molecule has 1 aliphatic rings. The lowest BCUT2D eigenvalue weighted by atomic mass is 10.0. The predicted octanol–water partition coefficient (Wildman–Crippen LogP) is 2.07. The smallest absolute Gasteiger partial charge is 0.0701 e. The van der Waals surface area contributed by atoms with Crippen LogP contribution in [0.4, 0.5) is 5.69 Å². The van der Waals surface area contributed by atoms with Crippen molar-refractivity contribution in [2.45, 2.75) is 38.3 Å². The summed E-state index contributed by atoms with van der Waals surface area (Å²) in [6, 6.07) is 8.75. The SMILES string of the molecule is CC[C@@H](N)c1ccc(N2CCC(OCCO)CC2)cc1. The van der Waals surface area contributed by atoms with Gasteiger partial charge in [-0.2, -0.15) is 0 Å². The van der Waals surface area contributed by atoms with Crippen molar-refractivity contribution in [1.29, 1.82) is 0 Å². The van der Waals surface area contributed by atoms with Gasteiger partial charge in [-0.25, -0.2) is 0 Å². The summed E-state index contributed by atoms with van der Waals surface area (Å²) in [6.07, 6.45) is 3.31. The van der Waals surface area contributed by atoms with Crippen molar-refractivity contribution in [3.8, 4) is 0 Å². The van der Waals surface area contributed by atoms with Crippen LogP contribution >= 0.6 is 0 Å². The Morgan fingerprint density at radius 1 is 1.30 bits per heavy atom. The summed E-state index contributed by atoms with van der Waals surface area (Å²) in [6.45, 7) is 4.69. The zero-order chi connectivity index (χ0) is 14.4. The quantitative estimate of drug-likeness (QED) is 0.836. The summed E-state index contributed by atoms with van der Waals surface area (Å²) in [7, 11) is 0. The molecule has 1 heterocycles. The Morgan fingerprint density at radius 3 is 2.50 bits per heavy atom. The summed E-state index contributed by atoms with van der Waals surface area (Å²) in [4.78, 5) is 2.39. The Balaban J connectivity index is 1.87. The van der Waals surface area contributed by atoms with E-state index in [1.54, 1.807) is 0 Å². The molecule has 1 saturated heterocycles. The molecule has 0 unspecified atom stereocenters. The van der Waals surface area contributed by atoms with Crippen molar-refractivity contribution in [3.63, 3.8) is 0 Å². The van der Waals surface area contributed by atoms with Crippen LogP contribution in [0.3, 0.4) is 0 Å². The molecule has 4 heteroatoms. The Morgan fingerprint density at radius 2 is 1.95 bits per heavy atom. The number of hydrogen-bond acceptors (Lipinski definition) is 4. The molecule has 0 amide bonds. The first-order valence-electron chi connectivity index (χ1n) is 7.57. The summed E-state index contributed by atoms with van der Waals surface area (Å²) in [5, 5.41) is 8.77. The lowest BCUT2D eigenvalue weighted by molar-refractivity contribution is 0.0159. The molecule has 1 aromatic carbocycles. The number of aliphatic hydroxyl groups is 1. The van der Waals surface area contributed by atoms with Crippen molar-refractivity contribution >= 4 is 5.69 Å². The normalized spacial score (nSPS) is 18.2. The van der Waals surface area contributed by atoms with Gasteiger partial charge in [-0.1, -0.05) is 19.1 Å². The molecule has 4 nitrogen and oxygen atoms in total. The molecule has 0 aliphatic carbocycles. The van der Waals surface area contributed by atoms with Crippen molar-refractivity contribution in [1.82, 2.24) is 0 Å². The van der Waals surface area contributed by atoms with E-state index >= 15 is 0 Å². The van der Waals surface area contributed by atoms with Crippen LogP contribution in [0.5, 0.6) is 0 Å². The lowest BCUT2D eigenvalue weighted by Gasteiger charge is -2.33. The van der Waals surface area contributed by atoms with Gasteiger partial charge in [0.15, 0.2) is 0 Å². The minimum absolute atomic E-state index is 0.110. The zero-order valence-corrected chi connectivity index (χ0v) is 12.3. The van der Waals surface area contributed by atoms with E-state index < -0.39 is 0 Å². The van der Waals surface area contributed by atoms with Crippen LogP contribution < -0.4 is 10.6 Å². The molecule has 0 aromatic heterocycles. The Labute approximate surface area is 121 Å². The molecule has 1 aliphatic heterocycles. The number of nitrogens with zero attached hydrogens (tertiary/aromatic N) is 1. The van der Waals surface area contributed by atoms with E-state index in [4.69, 9.17) is 15.6 Å². The highest BCUT2D eigenvalue weighted by Crippen LogP contribution is 2.23. The predicted molar refractivity (Wildman–Crippen MR) is 81.9 cm³/mol. The van der Waals surface area contributed by atoms with Crippen molar-refractivity contribution in [2.75, 3.05) is 31.2 Å². The van der Waals surface area contributed by atoms with E-state index in [1.807, 2.05) is 0 Å². The van der Waals surface area contributed by atoms with Gasteiger partial charge in [0.25, 0.3) is 0 Å². The third-order valence-corrected chi connectivity index (χ3v) is 4.01. The first-order valence-corrected chi connectivity index (χ1v) is 7.57. The highest BCUT2D eigenvalue weighted by atomic mass is 16.5. The first-order chi connectivity index (χ1) is 9.74. The fraction of sp³-hybridized carbons (Fsp3) is 0.625. The number of rotatable bonds is 6. The van der Waals surface area contributed by atoms with Gasteiger partial charge in [0.1, 0.15) is 0 Å².